The van der Waals surface area contributed by atoms with Crippen LogP contribution in [0.1, 0.15) is 11.3 Å². The SMILES string of the molecule is CN(C)C(=NOCc1ccc(Cl)cc1Cl)c1nonc1N. The van der Waals surface area contributed by atoms with Crippen molar-refractivity contribution in [3.8, 4) is 0 Å². The van der Waals surface area contributed by atoms with E-state index in [9.17, 15) is 0 Å². The van der Waals surface area contributed by atoms with Gasteiger partial charge in [0.25, 0.3) is 0 Å². The van der Waals surface area contributed by atoms with Crippen molar-refractivity contribution >= 4 is 34.9 Å². The number of hydrogen-bond donors (Lipinski definition) is 1. The maximum absolute atomic E-state index is 6.05. The molecule has 0 aliphatic rings. The van der Waals surface area contributed by atoms with Crippen LogP contribution in [-0.2, 0) is 11.4 Å². The average molecular weight is 330 g/mol. The van der Waals surface area contributed by atoms with Crippen LogP contribution in [0.25, 0.3) is 0 Å². The first-order valence-corrected chi connectivity index (χ1v) is 6.64. The molecule has 0 spiro atoms. The standard InChI is InChI=1S/C12H13Cl2N5O2/c1-19(2)12(10-11(15)17-21-16-10)18-20-6-7-3-4-8(13)5-9(7)14/h3-5H,6H2,1-2H3,(H2,15,17). The summed E-state index contributed by atoms with van der Waals surface area (Å²) < 4.78 is 4.55. The third kappa shape index (κ3) is 3.77. The molecule has 1 aromatic heterocycles. The van der Waals surface area contributed by atoms with E-state index in [4.69, 9.17) is 33.8 Å². The molecule has 0 saturated heterocycles. The van der Waals surface area contributed by atoms with Gasteiger partial charge in [-0.3, -0.25) is 0 Å². The van der Waals surface area contributed by atoms with Gasteiger partial charge in [0.05, 0.1) is 0 Å². The largest absolute Gasteiger partial charge is 0.389 e. The second-order valence-electron chi connectivity index (χ2n) is 4.32. The third-order valence-electron chi connectivity index (χ3n) is 2.54. The highest BCUT2D eigenvalue weighted by molar-refractivity contribution is 6.35. The van der Waals surface area contributed by atoms with E-state index in [0.29, 0.717) is 21.6 Å². The Balaban J connectivity index is 2.12. The van der Waals surface area contributed by atoms with Crippen LogP contribution in [0.2, 0.25) is 10.0 Å². The Morgan fingerprint density at radius 2 is 2.14 bits per heavy atom. The molecular formula is C12H13Cl2N5O2. The van der Waals surface area contributed by atoms with Crippen molar-refractivity contribution in [3.63, 3.8) is 0 Å². The molecule has 0 radical (unpaired) electrons. The molecular weight excluding hydrogens is 317 g/mol. The summed E-state index contributed by atoms with van der Waals surface area (Å²) in [5, 5.41) is 12.2. The van der Waals surface area contributed by atoms with Crippen molar-refractivity contribution in [2.75, 3.05) is 19.8 Å². The second-order valence-corrected chi connectivity index (χ2v) is 5.16. The molecule has 7 nitrogen and oxygen atoms in total. The fourth-order valence-electron chi connectivity index (χ4n) is 1.49. The molecule has 2 N–H and O–H groups in total. The predicted octanol–water partition coefficient (Wildman–Crippen LogP) is 2.40. The van der Waals surface area contributed by atoms with Crippen LogP contribution in [0, 0.1) is 0 Å². The maximum atomic E-state index is 6.05. The third-order valence-corrected chi connectivity index (χ3v) is 3.12. The first kappa shape index (κ1) is 15.4. The van der Waals surface area contributed by atoms with E-state index in [2.05, 4.69) is 20.1 Å². The van der Waals surface area contributed by atoms with E-state index in [1.807, 2.05) is 0 Å². The molecule has 0 bridgehead atoms. The zero-order valence-electron chi connectivity index (χ0n) is 11.4. The summed E-state index contributed by atoms with van der Waals surface area (Å²) in [4.78, 5) is 6.98. The molecule has 1 heterocycles. The molecule has 1 aromatic carbocycles. The number of nitrogens with zero attached hydrogens (tertiary/aromatic N) is 4. The molecule has 0 atom stereocenters. The lowest BCUT2D eigenvalue weighted by Gasteiger charge is -2.12. The summed E-state index contributed by atoms with van der Waals surface area (Å²) in [6, 6.07) is 5.13. The summed E-state index contributed by atoms with van der Waals surface area (Å²) in [6.45, 7) is 0.179. The van der Waals surface area contributed by atoms with Crippen LogP contribution >= 0.6 is 23.2 Å². The number of hydrogen-bond acceptors (Lipinski definition) is 6. The molecule has 0 fully saturated rings. The van der Waals surface area contributed by atoms with Gasteiger partial charge in [0, 0.05) is 29.7 Å². The molecule has 0 saturated carbocycles. The van der Waals surface area contributed by atoms with Gasteiger partial charge in [-0.1, -0.05) is 34.4 Å². The number of halogens is 2. The molecule has 0 amide bonds. The lowest BCUT2D eigenvalue weighted by Crippen LogP contribution is -2.24. The minimum Gasteiger partial charge on any atom is -0.389 e. The van der Waals surface area contributed by atoms with Crippen LogP contribution < -0.4 is 5.73 Å². The zero-order valence-corrected chi connectivity index (χ0v) is 12.9. The molecule has 112 valence electrons. The minimum absolute atomic E-state index is 0.135. The van der Waals surface area contributed by atoms with E-state index in [1.54, 1.807) is 37.2 Å². The minimum atomic E-state index is 0.135. The Hall–Kier alpha value is -1.99. The Kier molecular flexibility index (Phi) is 4.87. The van der Waals surface area contributed by atoms with Crippen molar-refractivity contribution < 1.29 is 9.47 Å². The molecule has 2 rings (SSSR count). The van der Waals surface area contributed by atoms with Gasteiger partial charge in [-0.25, -0.2) is 4.63 Å². The molecule has 9 heteroatoms. The van der Waals surface area contributed by atoms with Gasteiger partial charge >= 0.3 is 0 Å². The second kappa shape index (κ2) is 6.64. The fraction of sp³-hybridized carbons (Fsp3) is 0.250. The smallest absolute Gasteiger partial charge is 0.201 e. The van der Waals surface area contributed by atoms with E-state index in [0.717, 1.165) is 5.56 Å². The molecule has 0 aliphatic heterocycles. The Morgan fingerprint density at radius 1 is 1.38 bits per heavy atom. The van der Waals surface area contributed by atoms with Gasteiger partial charge in [-0.2, -0.15) is 0 Å². The van der Waals surface area contributed by atoms with Gasteiger partial charge in [0.2, 0.25) is 5.84 Å². The molecule has 2 aromatic rings. The highest BCUT2D eigenvalue weighted by Gasteiger charge is 2.17. The number of nitrogen functional groups attached to an aromatic ring is 1. The quantitative estimate of drug-likeness (QED) is 0.526. The van der Waals surface area contributed by atoms with E-state index >= 15 is 0 Å². The highest BCUT2D eigenvalue weighted by Crippen LogP contribution is 2.21. The monoisotopic (exact) mass is 329 g/mol. The molecule has 0 unspecified atom stereocenters. The Bertz CT molecular complexity index is 657. The highest BCUT2D eigenvalue weighted by atomic mass is 35.5. The number of benzene rings is 1. The van der Waals surface area contributed by atoms with Gasteiger partial charge in [0.15, 0.2) is 11.5 Å². The number of nitrogens with two attached hydrogens (primary N) is 1. The van der Waals surface area contributed by atoms with Crippen molar-refractivity contribution in [3.05, 3.63) is 39.5 Å². The van der Waals surface area contributed by atoms with Crippen LogP contribution in [0.3, 0.4) is 0 Å². The van der Waals surface area contributed by atoms with Gasteiger partial charge in [-0.05, 0) is 22.4 Å². The van der Waals surface area contributed by atoms with E-state index in [-0.39, 0.29) is 12.4 Å². The summed E-state index contributed by atoms with van der Waals surface area (Å²) >= 11 is 11.9. The lowest BCUT2D eigenvalue weighted by atomic mass is 10.2. The lowest BCUT2D eigenvalue weighted by molar-refractivity contribution is 0.127. The topological polar surface area (TPSA) is 89.8 Å². The Morgan fingerprint density at radius 3 is 2.71 bits per heavy atom. The Labute approximate surface area is 131 Å². The number of rotatable bonds is 4. The predicted molar refractivity (Wildman–Crippen MR) is 80.2 cm³/mol. The van der Waals surface area contributed by atoms with Crippen molar-refractivity contribution in [2.24, 2.45) is 5.16 Å². The summed E-state index contributed by atoms with van der Waals surface area (Å²) in [5.41, 5.74) is 6.70. The van der Waals surface area contributed by atoms with E-state index in [1.165, 1.54) is 0 Å². The fourth-order valence-corrected chi connectivity index (χ4v) is 1.95. The molecule has 0 aliphatic carbocycles. The van der Waals surface area contributed by atoms with Crippen molar-refractivity contribution in [1.29, 1.82) is 0 Å². The normalized spacial score (nSPS) is 11.5. The van der Waals surface area contributed by atoms with Gasteiger partial charge in [-0.15, -0.1) is 0 Å². The first-order valence-electron chi connectivity index (χ1n) is 5.88. The van der Waals surface area contributed by atoms with Crippen LogP contribution in [0.5, 0.6) is 0 Å². The maximum Gasteiger partial charge on any atom is 0.201 e. The van der Waals surface area contributed by atoms with Crippen molar-refractivity contribution in [2.45, 2.75) is 6.61 Å². The first-order chi connectivity index (χ1) is 9.99. The number of anilines is 1. The average Bonchev–Trinajstić information content (AvgIpc) is 2.82. The van der Waals surface area contributed by atoms with E-state index < -0.39 is 0 Å². The molecule has 21 heavy (non-hydrogen) atoms. The van der Waals surface area contributed by atoms with Crippen LogP contribution in [0.15, 0.2) is 28.0 Å². The summed E-state index contributed by atoms with van der Waals surface area (Å²) in [6.07, 6.45) is 0. The summed E-state index contributed by atoms with van der Waals surface area (Å²) in [5.74, 6) is 0.523. The summed E-state index contributed by atoms with van der Waals surface area (Å²) in [7, 11) is 3.54. The number of amidine groups is 1. The van der Waals surface area contributed by atoms with Crippen molar-refractivity contribution in [1.82, 2.24) is 15.2 Å². The number of oxime groups is 1. The zero-order chi connectivity index (χ0) is 15.4. The number of aromatic nitrogens is 2. The van der Waals surface area contributed by atoms with Crippen LogP contribution in [0.4, 0.5) is 5.82 Å². The van der Waals surface area contributed by atoms with Gasteiger partial charge in [0.1, 0.15) is 6.61 Å². The van der Waals surface area contributed by atoms with Crippen LogP contribution in [-0.4, -0.2) is 35.1 Å². The van der Waals surface area contributed by atoms with Gasteiger partial charge < -0.3 is 15.5 Å².